The van der Waals surface area contributed by atoms with Gasteiger partial charge in [-0.15, -0.1) is 10.2 Å². The van der Waals surface area contributed by atoms with Crippen LogP contribution in [0.3, 0.4) is 0 Å². The van der Waals surface area contributed by atoms with Crippen molar-refractivity contribution in [3.63, 3.8) is 0 Å². The highest BCUT2D eigenvalue weighted by molar-refractivity contribution is 7.99. The number of carbonyl (C=O) groups excluding carboxylic acids is 1. The van der Waals surface area contributed by atoms with Crippen molar-refractivity contribution in [2.75, 3.05) is 18.8 Å². The molecule has 1 aromatic rings. The van der Waals surface area contributed by atoms with Crippen molar-refractivity contribution < 1.29 is 9.21 Å². The summed E-state index contributed by atoms with van der Waals surface area (Å²) >= 11 is 1.36. The normalized spacial score (nSPS) is 19.5. The van der Waals surface area contributed by atoms with Crippen molar-refractivity contribution in [1.29, 1.82) is 0 Å². The van der Waals surface area contributed by atoms with Crippen LogP contribution in [-0.4, -0.2) is 39.8 Å². The molecule has 0 bridgehead atoms. The third-order valence-electron chi connectivity index (χ3n) is 4.47. The summed E-state index contributed by atoms with van der Waals surface area (Å²) in [4.78, 5) is 13.6. The number of likely N-dealkylation sites (tertiary alicyclic amines) is 1. The summed E-state index contributed by atoms with van der Waals surface area (Å²) in [6.45, 7) is 1.80. The summed E-state index contributed by atoms with van der Waals surface area (Å²) in [7, 11) is 0. The monoisotopic (exact) mass is 309 g/mol. The van der Waals surface area contributed by atoms with Gasteiger partial charge in [0.05, 0.1) is 5.75 Å². The van der Waals surface area contributed by atoms with Gasteiger partial charge in [0.15, 0.2) is 0 Å². The lowest BCUT2D eigenvalue weighted by Crippen LogP contribution is -2.43. The van der Waals surface area contributed by atoms with Crippen molar-refractivity contribution in [2.45, 2.75) is 56.6 Å². The first kappa shape index (κ1) is 14.9. The summed E-state index contributed by atoms with van der Waals surface area (Å²) in [5.41, 5.74) is 0. The standard InChI is InChI=1S/C15H23N3O2S/c19-14(18-9-4-10-18)11-21-15-17-16-13(20-15)8-7-12-5-2-1-3-6-12/h12H,1-11H2. The number of carbonyl (C=O) groups is 1. The fourth-order valence-electron chi connectivity index (χ4n) is 2.98. The molecule has 0 aromatic carbocycles. The number of hydrogen-bond donors (Lipinski definition) is 0. The molecule has 1 saturated carbocycles. The first-order valence-electron chi connectivity index (χ1n) is 8.04. The van der Waals surface area contributed by atoms with Gasteiger partial charge in [0.25, 0.3) is 5.22 Å². The molecular weight excluding hydrogens is 286 g/mol. The summed E-state index contributed by atoms with van der Waals surface area (Å²) < 4.78 is 5.63. The Morgan fingerprint density at radius 2 is 2.00 bits per heavy atom. The van der Waals surface area contributed by atoms with Crippen molar-refractivity contribution in [3.05, 3.63) is 5.89 Å². The summed E-state index contributed by atoms with van der Waals surface area (Å²) in [5, 5.41) is 8.66. The second-order valence-electron chi connectivity index (χ2n) is 6.03. The minimum atomic E-state index is 0.174. The molecule has 3 rings (SSSR count). The molecule has 0 unspecified atom stereocenters. The second kappa shape index (κ2) is 7.29. The molecule has 5 nitrogen and oxygen atoms in total. The van der Waals surface area contributed by atoms with Gasteiger partial charge in [-0.3, -0.25) is 4.79 Å². The second-order valence-corrected chi connectivity index (χ2v) is 6.95. The largest absolute Gasteiger partial charge is 0.416 e. The molecule has 0 radical (unpaired) electrons. The van der Waals surface area contributed by atoms with Gasteiger partial charge < -0.3 is 9.32 Å². The predicted octanol–water partition coefficient (Wildman–Crippen LogP) is 2.91. The number of thioether (sulfide) groups is 1. The highest BCUT2D eigenvalue weighted by atomic mass is 32.2. The third kappa shape index (κ3) is 4.22. The molecule has 116 valence electrons. The minimum Gasteiger partial charge on any atom is -0.416 e. The van der Waals surface area contributed by atoms with Gasteiger partial charge in [0.1, 0.15) is 0 Å². The lowest BCUT2D eigenvalue weighted by atomic mass is 9.86. The van der Waals surface area contributed by atoms with E-state index in [1.807, 2.05) is 4.90 Å². The summed E-state index contributed by atoms with van der Waals surface area (Å²) in [6, 6.07) is 0. The van der Waals surface area contributed by atoms with Crippen molar-refractivity contribution in [3.8, 4) is 0 Å². The molecule has 2 heterocycles. The maximum absolute atomic E-state index is 11.8. The number of nitrogens with zero attached hydrogens (tertiary/aromatic N) is 3. The van der Waals surface area contributed by atoms with Crippen molar-refractivity contribution in [1.82, 2.24) is 15.1 Å². The van der Waals surface area contributed by atoms with E-state index >= 15 is 0 Å². The first-order chi connectivity index (χ1) is 10.3. The number of hydrogen-bond acceptors (Lipinski definition) is 5. The molecule has 0 spiro atoms. The van der Waals surface area contributed by atoms with Gasteiger partial charge in [0, 0.05) is 19.5 Å². The smallest absolute Gasteiger partial charge is 0.277 e. The summed E-state index contributed by atoms with van der Waals surface area (Å²) in [5.74, 6) is 2.13. The lowest BCUT2D eigenvalue weighted by molar-refractivity contribution is -0.131. The van der Waals surface area contributed by atoms with Crippen LogP contribution in [0.15, 0.2) is 9.64 Å². The topological polar surface area (TPSA) is 59.2 Å². The van der Waals surface area contributed by atoms with Crippen LogP contribution in [-0.2, 0) is 11.2 Å². The Hall–Kier alpha value is -1.04. The molecule has 0 N–H and O–H groups in total. The van der Waals surface area contributed by atoms with Crippen LogP contribution >= 0.6 is 11.8 Å². The number of aryl methyl sites for hydroxylation is 1. The Morgan fingerprint density at radius 1 is 1.19 bits per heavy atom. The quantitative estimate of drug-likeness (QED) is 0.756. The molecule has 1 aliphatic heterocycles. The maximum atomic E-state index is 11.8. The van der Waals surface area contributed by atoms with E-state index in [0.29, 0.717) is 11.0 Å². The average molecular weight is 309 g/mol. The summed E-state index contributed by atoms with van der Waals surface area (Å²) in [6.07, 6.45) is 9.98. The molecule has 1 amide bonds. The van der Waals surface area contributed by atoms with Gasteiger partial charge in [-0.25, -0.2) is 0 Å². The minimum absolute atomic E-state index is 0.174. The van der Waals surface area contributed by atoms with E-state index in [0.717, 1.165) is 44.2 Å². The Kier molecular flexibility index (Phi) is 5.17. The van der Waals surface area contributed by atoms with Crippen LogP contribution in [0.25, 0.3) is 0 Å². The zero-order valence-corrected chi connectivity index (χ0v) is 13.2. The highest BCUT2D eigenvalue weighted by Gasteiger charge is 2.21. The van der Waals surface area contributed by atoms with E-state index in [1.165, 1.54) is 43.9 Å². The van der Waals surface area contributed by atoms with E-state index in [4.69, 9.17) is 4.42 Å². The maximum Gasteiger partial charge on any atom is 0.277 e. The van der Waals surface area contributed by atoms with Gasteiger partial charge >= 0.3 is 0 Å². The number of aromatic nitrogens is 2. The zero-order chi connectivity index (χ0) is 14.5. The van der Waals surface area contributed by atoms with Crippen LogP contribution in [0.1, 0.15) is 50.8 Å². The zero-order valence-electron chi connectivity index (χ0n) is 12.4. The molecule has 1 aromatic heterocycles. The average Bonchev–Trinajstić information content (AvgIpc) is 2.90. The van der Waals surface area contributed by atoms with Gasteiger partial charge in [0.2, 0.25) is 11.8 Å². The Balaban J connectivity index is 1.39. The molecule has 2 fully saturated rings. The van der Waals surface area contributed by atoms with Crippen molar-refractivity contribution in [2.24, 2.45) is 5.92 Å². The van der Waals surface area contributed by atoms with Gasteiger partial charge in [-0.1, -0.05) is 43.9 Å². The van der Waals surface area contributed by atoms with Crippen LogP contribution in [0, 0.1) is 5.92 Å². The molecule has 21 heavy (non-hydrogen) atoms. The van der Waals surface area contributed by atoms with Crippen LogP contribution in [0.4, 0.5) is 0 Å². The van der Waals surface area contributed by atoms with E-state index in [-0.39, 0.29) is 5.91 Å². The van der Waals surface area contributed by atoms with E-state index in [9.17, 15) is 4.79 Å². The van der Waals surface area contributed by atoms with Crippen LogP contribution < -0.4 is 0 Å². The van der Waals surface area contributed by atoms with E-state index < -0.39 is 0 Å². The predicted molar refractivity (Wildman–Crippen MR) is 81.1 cm³/mol. The Labute approximate surface area is 129 Å². The fraction of sp³-hybridized carbons (Fsp3) is 0.800. The van der Waals surface area contributed by atoms with Crippen LogP contribution in [0.2, 0.25) is 0 Å². The fourth-order valence-corrected chi connectivity index (χ4v) is 3.66. The Bertz CT molecular complexity index is 467. The molecule has 0 atom stereocenters. The highest BCUT2D eigenvalue weighted by Crippen LogP contribution is 2.27. The Morgan fingerprint density at radius 3 is 2.71 bits per heavy atom. The third-order valence-corrected chi connectivity index (χ3v) is 5.27. The number of amides is 1. The van der Waals surface area contributed by atoms with Gasteiger partial charge in [-0.05, 0) is 18.8 Å². The molecule has 6 heteroatoms. The molecule has 1 saturated heterocycles. The first-order valence-corrected chi connectivity index (χ1v) is 9.03. The van der Waals surface area contributed by atoms with Crippen LogP contribution in [0.5, 0.6) is 0 Å². The molecule has 2 aliphatic rings. The molecule has 1 aliphatic carbocycles. The van der Waals surface area contributed by atoms with Gasteiger partial charge in [-0.2, -0.15) is 0 Å². The number of rotatable bonds is 6. The van der Waals surface area contributed by atoms with E-state index in [1.54, 1.807) is 0 Å². The molecular formula is C15H23N3O2S. The SMILES string of the molecule is O=C(CSc1nnc(CCC2CCCCC2)o1)N1CCC1. The lowest BCUT2D eigenvalue weighted by Gasteiger charge is -2.30. The van der Waals surface area contributed by atoms with Crippen molar-refractivity contribution >= 4 is 17.7 Å². The van der Waals surface area contributed by atoms with E-state index in [2.05, 4.69) is 10.2 Å².